The zero-order chi connectivity index (χ0) is 29.4. The summed E-state index contributed by atoms with van der Waals surface area (Å²) in [6.07, 6.45) is 0.638. The highest BCUT2D eigenvalue weighted by molar-refractivity contribution is 7.14. The molecule has 0 bridgehead atoms. The predicted molar refractivity (Wildman–Crippen MR) is 143 cm³/mol. The van der Waals surface area contributed by atoms with Crippen LogP contribution in [0.5, 0.6) is 16.6 Å². The van der Waals surface area contributed by atoms with Gasteiger partial charge in [0.15, 0.2) is 10.8 Å². The number of carbonyl (C=O) groups is 2. The first-order chi connectivity index (χ1) is 18.9. The first-order valence-electron chi connectivity index (χ1n) is 11.9. The number of ketones is 1. The molecule has 2 heterocycles. The predicted octanol–water partition coefficient (Wildman–Crippen LogP) is 7.26. The van der Waals surface area contributed by atoms with Crippen molar-refractivity contribution < 1.29 is 41.8 Å². The van der Waals surface area contributed by atoms with Crippen molar-refractivity contribution in [3.05, 3.63) is 92.5 Å². The fraction of sp³-hybridized carbons (Fsp3) is 0.250. The van der Waals surface area contributed by atoms with E-state index in [4.69, 9.17) is 9.15 Å². The van der Waals surface area contributed by atoms with E-state index in [-0.39, 0.29) is 23.0 Å². The van der Waals surface area contributed by atoms with Crippen molar-refractivity contribution in [1.29, 1.82) is 0 Å². The second-order valence-electron chi connectivity index (χ2n) is 8.65. The van der Waals surface area contributed by atoms with E-state index in [0.717, 1.165) is 23.5 Å². The number of alkyl carbamates (subject to hydrolysis) is 1. The Balaban J connectivity index is 1.66. The average molecular weight is 578 g/mol. The molecule has 1 unspecified atom stereocenters. The van der Waals surface area contributed by atoms with Gasteiger partial charge in [0, 0.05) is 23.1 Å². The lowest BCUT2D eigenvalue weighted by molar-refractivity contribution is -0.137. The molecule has 0 aliphatic heterocycles. The number of rotatable bonds is 10. The van der Waals surface area contributed by atoms with Crippen molar-refractivity contribution in [3.63, 3.8) is 0 Å². The standard InChI is InChI=1S/C28H26F3NO7S/c1-16(6-4-5-13-32-27(36)37-3)22-15-21(33)24(26(35)39-22)25(34)17(2)14-20-11-12-23(40-20)38-19-9-7-18(8-10-19)28(29,30)31/h5,7-16,33H,4,6H2,1-3H3,(H,32,36)/b13-5+,17-14+. The number of hydrogen-bond acceptors (Lipinski definition) is 8. The quantitative estimate of drug-likeness (QED) is 0.193. The average Bonchev–Trinajstić information content (AvgIpc) is 3.33. The molecule has 3 rings (SSSR count). The second-order valence-corrected chi connectivity index (χ2v) is 9.73. The molecule has 1 aromatic carbocycles. The molecule has 8 nitrogen and oxygen atoms in total. The van der Waals surface area contributed by atoms with E-state index in [1.807, 2.05) is 0 Å². The fourth-order valence-corrected chi connectivity index (χ4v) is 4.36. The molecule has 40 heavy (non-hydrogen) atoms. The van der Waals surface area contributed by atoms with E-state index in [1.165, 1.54) is 44.5 Å². The first kappa shape index (κ1) is 30.2. The Morgan fingerprint density at radius 3 is 2.50 bits per heavy atom. The van der Waals surface area contributed by atoms with Crippen LogP contribution in [0.4, 0.5) is 18.0 Å². The molecule has 0 fully saturated rings. The van der Waals surface area contributed by atoms with E-state index < -0.39 is 40.6 Å². The molecule has 212 valence electrons. The van der Waals surface area contributed by atoms with Gasteiger partial charge in [-0.2, -0.15) is 13.2 Å². The van der Waals surface area contributed by atoms with Gasteiger partial charge < -0.3 is 19.0 Å². The zero-order valence-electron chi connectivity index (χ0n) is 21.7. The zero-order valence-corrected chi connectivity index (χ0v) is 22.5. The van der Waals surface area contributed by atoms with Gasteiger partial charge in [-0.3, -0.25) is 10.1 Å². The smallest absolute Gasteiger partial charge is 0.416 e. The van der Waals surface area contributed by atoms with E-state index in [1.54, 1.807) is 25.1 Å². The van der Waals surface area contributed by atoms with E-state index in [2.05, 4.69) is 10.1 Å². The van der Waals surface area contributed by atoms with Crippen LogP contribution in [0.2, 0.25) is 0 Å². The molecular weight excluding hydrogens is 551 g/mol. The number of alkyl halides is 3. The normalized spacial score (nSPS) is 12.8. The summed E-state index contributed by atoms with van der Waals surface area (Å²) in [5.74, 6) is -1.07. The summed E-state index contributed by atoms with van der Waals surface area (Å²) < 4.78 is 53.6. The highest BCUT2D eigenvalue weighted by Gasteiger charge is 2.30. The van der Waals surface area contributed by atoms with Crippen LogP contribution in [-0.2, 0) is 10.9 Å². The maximum Gasteiger partial charge on any atom is 0.416 e. The van der Waals surface area contributed by atoms with Crippen molar-refractivity contribution in [2.24, 2.45) is 0 Å². The summed E-state index contributed by atoms with van der Waals surface area (Å²) in [6.45, 7) is 3.26. The number of Topliss-reactive ketones (excluding diaryl/α,β-unsaturated/α-hetero) is 1. The number of carbonyl (C=O) groups excluding carboxylic acids is 2. The van der Waals surface area contributed by atoms with Crippen molar-refractivity contribution in [2.75, 3.05) is 7.11 Å². The molecule has 0 aliphatic carbocycles. The van der Waals surface area contributed by atoms with Gasteiger partial charge in [0.25, 0.3) is 0 Å². The van der Waals surface area contributed by atoms with Crippen molar-refractivity contribution in [1.82, 2.24) is 5.32 Å². The molecular formula is C28H26F3NO7S. The SMILES string of the molecule is COC(=O)N/C=C/CCC(C)c1cc(O)c(C(=O)/C(C)=C/c2ccc(Oc3ccc(C(F)(F)F)cc3)s2)c(=O)o1. The summed E-state index contributed by atoms with van der Waals surface area (Å²) in [6, 6.07) is 8.72. The van der Waals surface area contributed by atoms with Gasteiger partial charge in [-0.15, -0.1) is 0 Å². The lowest BCUT2D eigenvalue weighted by atomic mass is 10.00. The molecule has 0 saturated heterocycles. The van der Waals surface area contributed by atoms with Gasteiger partial charge in [-0.1, -0.05) is 24.3 Å². The Morgan fingerprint density at radius 1 is 1.18 bits per heavy atom. The van der Waals surface area contributed by atoms with Crippen LogP contribution < -0.4 is 15.7 Å². The number of halogens is 3. The topological polar surface area (TPSA) is 115 Å². The number of nitrogens with one attached hydrogen (secondary N) is 1. The maximum atomic E-state index is 12.9. The molecule has 0 spiro atoms. The lowest BCUT2D eigenvalue weighted by Crippen LogP contribution is -2.16. The number of methoxy groups -OCH3 is 1. The lowest BCUT2D eigenvalue weighted by Gasteiger charge is -2.11. The maximum absolute atomic E-state index is 12.9. The highest BCUT2D eigenvalue weighted by Crippen LogP contribution is 2.34. The third-order valence-corrected chi connectivity index (χ3v) is 6.56. The van der Waals surface area contributed by atoms with Gasteiger partial charge in [-0.05, 0) is 67.8 Å². The fourth-order valence-electron chi connectivity index (χ4n) is 3.48. The first-order valence-corrected chi connectivity index (χ1v) is 12.7. The number of thiophene rings is 1. The van der Waals surface area contributed by atoms with Gasteiger partial charge in [-0.25, -0.2) is 9.59 Å². The Bertz CT molecular complexity index is 1470. The van der Waals surface area contributed by atoms with Gasteiger partial charge in [0.2, 0.25) is 0 Å². The molecule has 1 atom stereocenters. The monoisotopic (exact) mass is 577 g/mol. The number of amides is 1. The van der Waals surface area contributed by atoms with Crippen LogP contribution >= 0.6 is 11.3 Å². The van der Waals surface area contributed by atoms with Crippen LogP contribution in [0.15, 0.2) is 69.5 Å². The largest absolute Gasteiger partial charge is 0.507 e. The molecule has 12 heteroatoms. The van der Waals surface area contributed by atoms with Crippen LogP contribution in [0.3, 0.4) is 0 Å². The van der Waals surface area contributed by atoms with E-state index in [0.29, 0.717) is 22.8 Å². The second kappa shape index (κ2) is 13.2. The molecule has 2 aromatic heterocycles. The molecule has 0 saturated carbocycles. The summed E-state index contributed by atoms with van der Waals surface area (Å²) in [5, 5.41) is 13.2. The molecule has 0 aliphatic rings. The van der Waals surface area contributed by atoms with Crippen molar-refractivity contribution in [3.8, 4) is 16.6 Å². The van der Waals surface area contributed by atoms with Crippen LogP contribution in [0.1, 0.15) is 59.2 Å². The van der Waals surface area contributed by atoms with E-state index >= 15 is 0 Å². The summed E-state index contributed by atoms with van der Waals surface area (Å²) >= 11 is 1.13. The van der Waals surface area contributed by atoms with Crippen molar-refractivity contribution >= 4 is 29.3 Å². The van der Waals surface area contributed by atoms with Gasteiger partial charge in [0.05, 0.1) is 12.7 Å². The Kier molecular flexibility index (Phi) is 9.94. The molecule has 0 radical (unpaired) electrons. The van der Waals surface area contributed by atoms with Crippen LogP contribution in [0.25, 0.3) is 6.08 Å². The summed E-state index contributed by atoms with van der Waals surface area (Å²) in [5.41, 5.74) is -2.11. The Morgan fingerprint density at radius 2 is 1.88 bits per heavy atom. The number of hydrogen-bond donors (Lipinski definition) is 2. The minimum absolute atomic E-state index is 0.148. The van der Waals surface area contributed by atoms with E-state index in [9.17, 15) is 32.7 Å². The molecule has 2 N–H and O–H groups in total. The van der Waals surface area contributed by atoms with Gasteiger partial charge in [0.1, 0.15) is 22.8 Å². The van der Waals surface area contributed by atoms with Crippen LogP contribution in [-0.4, -0.2) is 24.1 Å². The molecule has 3 aromatic rings. The Labute approximate surface area is 231 Å². The van der Waals surface area contributed by atoms with Crippen LogP contribution in [0, 0.1) is 0 Å². The third kappa shape index (κ3) is 8.09. The van der Waals surface area contributed by atoms with Gasteiger partial charge >= 0.3 is 17.9 Å². The third-order valence-electron chi connectivity index (χ3n) is 5.65. The highest BCUT2D eigenvalue weighted by atomic mass is 32.1. The summed E-state index contributed by atoms with van der Waals surface area (Å²) in [4.78, 5) is 37.1. The minimum atomic E-state index is -4.45. The number of benzene rings is 1. The molecule has 1 amide bonds. The Hall–Kier alpha value is -4.32. The number of aromatic hydroxyl groups is 1. The summed E-state index contributed by atoms with van der Waals surface area (Å²) in [7, 11) is 1.24. The van der Waals surface area contributed by atoms with Crippen molar-refractivity contribution in [2.45, 2.75) is 38.8 Å². The minimum Gasteiger partial charge on any atom is -0.507 e. The number of ether oxygens (including phenoxy) is 2. The number of allylic oxidation sites excluding steroid dienone is 2.